The van der Waals surface area contributed by atoms with Crippen molar-refractivity contribution < 1.29 is 4.79 Å². The summed E-state index contributed by atoms with van der Waals surface area (Å²) in [4.78, 5) is 15.3. The first-order chi connectivity index (χ1) is 8.74. The Morgan fingerprint density at radius 3 is 2.83 bits per heavy atom. The second-order valence-corrected chi connectivity index (χ2v) is 6.80. The van der Waals surface area contributed by atoms with Crippen molar-refractivity contribution in [2.75, 3.05) is 13.1 Å². The zero-order chi connectivity index (χ0) is 12.5. The first-order valence-corrected chi connectivity index (χ1v) is 7.73. The molecular weight excluding hydrogens is 268 g/mol. The Bertz CT molecular complexity index is 438. The molecule has 1 amide bonds. The van der Waals surface area contributed by atoms with Gasteiger partial charge in [-0.2, -0.15) is 0 Å². The quantitative estimate of drug-likeness (QED) is 0.922. The number of nitrogens with one attached hydrogen (secondary N) is 1. The summed E-state index contributed by atoms with van der Waals surface area (Å²) < 4.78 is 0.688. The second kappa shape index (κ2) is 5.19. The van der Waals surface area contributed by atoms with Crippen LogP contribution in [0.25, 0.3) is 0 Å². The molecule has 3 nitrogen and oxygen atoms in total. The molecule has 5 heteroatoms. The van der Waals surface area contributed by atoms with Crippen molar-refractivity contribution in [2.45, 2.75) is 37.8 Å². The number of nitrogens with zero attached hydrogens (tertiary/aromatic N) is 1. The molecule has 1 aromatic rings. The van der Waals surface area contributed by atoms with Crippen LogP contribution in [0.4, 0.5) is 0 Å². The van der Waals surface area contributed by atoms with Crippen LogP contribution >= 0.6 is 22.9 Å². The second-order valence-electron chi connectivity index (χ2n) is 5.09. The van der Waals surface area contributed by atoms with Gasteiger partial charge in [0.25, 0.3) is 5.91 Å². The van der Waals surface area contributed by atoms with E-state index < -0.39 is 0 Å². The van der Waals surface area contributed by atoms with Crippen LogP contribution in [0.15, 0.2) is 12.1 Å². The van der Waals surface area contributed by atoms with Crippen LogP contribution in [0.5, 0.6) is 0 Å². The van der Waals surface area contributed by atoms with Crippen LogP contribution in [0, 0.1) is 0 Å². The lowest BCUT2D eigenvalue weighted by molar-refractivity contribution is 0.0733. The van der Waals surface area contributed by atoms with E-state index in [1.165, 1.54) is 24.2 Å². The van der Waals surface area contributed by atoms with Crippen LogP contribution in [-0.2, 0) is 0 Å². The summed E-state index contributed by atoms with van der Waals surface area (Å²) in [5.41, 5.74) is 0. The minimum atomic E-state index is 0.156. The Kier molecular flexibility index (Phi) is 3.59. The lowest BCUT2D eigenvalue weighted by Crippen LogP contribution is -2.42. The molecule has 2 heterocycles. The fourth-order valence-electron chi connectivity index (χ4n) is 2.50. The molecule has 18 heavy (non-hydrogen) atoms. The highest BCUT2D eigenvalue weighted by molar-refractivity contribution is 7.17. The Labute approximate surface area is 116 Å². The van der Waals surface area contributed by atoms with E-state index in [0.29, 0.717) is 16.4 Å². The summed E-state index contributed by atoms with van der Waals surface area (Å²) in [6.07, 6.45) is 4.71. The lowest BCUT2D eigenvalue weighted by atomic mass is 10.2. The molecule has 1 N–H and O–H groups in total. The molecular formula is C13H17ClN2OS. The maximum atomic E-state index is 12.5. The topological polar surface area (TPSA) is 32.3 Å². The fourth-order valence-corrected chi connectivity index (χ4v) is 3.50. The van der Waals surface area contributed by atoms with Gasteiger partial charge in [-0.3, -0.25) is 4.79 Å². The van der Waals surface area contributed by atoms with Gasteiger partial charge in [0.05, 0.1) is 9.21 Å². The average Bonchev–Trinajstić information content (AvgIpc) is 2.88. The van der Waals surface area contributed by atoms with E-state index in [-0.39, 0.29) is 5.91 Å². The number of thiophene rings is 1. The molecule has 0 bridgehead atoms. The van der Waals surface area contributed by atoms with Crippen LogP contribution < -0.4 is 5.32 Å². The minimum absolute atomic E-state index is 0.156. The van der Waals surface area contributed by atoms with Gasteiger partial charge in [0.1, 0.15) is 0 Å². The molecule has 1 saturated heterocycles. The van der Waals surface area contributed by atoms with Crippen molar-refractivity contribution in [2.24, 2.45) is 0 Å². The molecule has 1 saturated carbocycles. The van der Waals surface area contributed by atoms with Crippen LogP contribution in [-0.4, -0.2) is 36.0 Å². The SMILES string of the molecule is O=C(c1ccc(Cl)s1)N(CC1CCCN1)C1CC1. The monoisotopic (exact) mass is 284 g/mol. The van der Waals surface area contributed by atoms with E-state index in [0.717, 1.165) is 30.8 Å². The maximum absolute atomic E-state index is 12.5. The van der Waals surface area contributed by atoms with Gasteiger partial charge in [0, 0.05) is 18.6 Å². The molecule has 0 radical (unpaired) electrons. The first kappa shape index (κ1) is 12.5. The molecule has 98 valence electrons. The number of rotatable bonds is 4. The molecule has 2 fully saturated rings. The van der Waals surface area contributed by atoms with Gasteiger partial charge in [0.2, 0.25) is 0 Å². The smallest absolute Gasteiger partial charge is 0.264 e. The van der Waals surface area contributed by atoms with Gasteiger partial charge in [-0.05, 0) is 44.4 Å². The number of carbonyl (C=O) groups excluding carboxylic acids is 1. The summed E-state index contributed by atoms with van der Waals surface area (Å²) in [6.45, 7) is 1.93. The van der Waals surface area contributed by atoms with Crippen LogP contribution in [0.2, 0.25) is 4.34 Å². The predicted octanol–water partition coefficient (Wildman–Crippen LogP) is 2.76. The molecule has 1 aromatic heterocycles. The van der Waals surface area contributed by atoms with Crippen molar-refractivity contribution in [3.8, 4) is 0 Å². The third kappa shape index (κ3) is 2.71. The summed E-state index contributed by atoms with van der Waals surface area (Å²) >= 11 is 7.29. The van der Waals surface area contributed by atoms with Crippen molar-refractivity contribution in [3.63, 3.8) is 0 Å². The van der Waals surface area contributed by atoms with Crippen LogP contribution in [0.1, 0.15) is 35.4 Å². The molecule has 0 spiro atoms. The van der Waals surface area contributed by atoms with Gasteiger partial charge >= 0.3 is 0 Å². The number of amides is 1. The van der Waals surface area contributed by atoms with Gasteiger partial charge in [-0.15, -0.1) is 11.3 Å². The minimum Gasteiger partial charge on any atom is -0.333 e. The summed E-state index contributed by atoms with van der Waals surface area (Å²) in [5, 5.41) is 3.46. The Balaban J connectivity index is 1.70. The van der Waals surface area contributed by atoms with Crippen molar-refractivity contribution in [1.29, 1.82) is 0 Å². The summed E-state index contributed by atoms with van der Waals surface area (Å²) in [6, 6.07) is 4.58. The molecule has 1 atom stereocenters. The molecule has 1 unspecified atom stereocenters. The van der Waals surface area contributed by atoms with Gasteiger partial charge in [-0.1, -0.05) is 11.6 Å². The predicted molar refractivity (Wildman–Crippen MR) is 74.4 cm³/mol. The van der Waals surface area contributed by atoms with E-state index in [1.807, 2.05) is 11.0 Å². The maximum Gasteiger partial charge on any atom is 0.264 e. The average molecular weight is 285 g/mol. The van der Waals surface area contributed by atoms with E-state index in [9.17, 15) is 4.79 Å². The number of hydrogen-bond donors (Lipinski definition) is 1. The number of halogens is 1. The van der Waals surface area contributed by atoms with Crippen LogP contribution in [0.3, 0.4) is 0 Å². The van der Waals surface area contributed by atoms with E-state index in [4.69, 9.17) is 11.6 Å². The summed E-state index contributed by atoms with van der Waals surface area (Å²) in [5.74, 6) is 0.156. The third-order valence-corrected chi connectivity index (χ3v) is 4.83. The number of hydrogen-bond acceptors (Lipinski definition) is 3. The normalized spacial score (nSPS) is 23.3. The Morgan fingerprint density at radius 1 is 1.44 bits per heavy atom. The lowest BCUT2D eigenvalue weighted by Gasteiger charge is -2.25. The van der Waals surface area contributed by atoms with E-state index in [1.54, 1.807) is 6.07 Å². The van der Waals surface area contributed by atoms with Gasteiger partial charge in [0.15, 0.2) is 0 Å². The molecule has 2 aliphatic rings. The largest absolute Gasteiger partial charge is 0.333 e. The molecule has 1 aliphatic carbocycles. The van der Waals surface area contributed by atoms with Crippen molar-refractivity contribution in [1.82, 2.24) is 10.2 Å². The van der Waals surface area contributed by atoms with E-state index >= 15 is 0 Å². The number of carbonyl (C=O) groups is 1. The van der Waals surface area contributed by atoms with Gasteiger partial charge < -0.3 is 10.2 Å². The van der Waals surface area contributed by atoms with Crippen molar-refractivity contribution >= 4 is 28.8 Å². The Hall–Kier alpha value is -0.580. The summed E-state index contributed by atoms with van der Waals surface area (Å²) in [7, 11) is 0. The molecule has 0 aromatic carbocycles. The Morgan fingerprint density at radius 2 is 2.28 bits per heavy atom. The first-order valence-electron chi connectivity index (χ1n) is 6.54. The highest BCUT2D eigenvalue weighted by Crippen LogP contribution is 2.31. The highest BCUT2D eigenvalue weighted by atomic mass is 35.5. The zero-order valence-electron chi connectivity index (χ0n) is 10.2. The van der Waals surface area contributed by atoms with E-state index in [2.05, 4.69) is 5.32 Å². The van der Waals surface area contributed by atoms with Crippen molar-refractivity contribution in [3.05, 3.63) is 21.3 Å². The van der Waals surface area contributed by atoms with Gasteiger partial charge in [-0.25, -0.2) is 0 Å². The zero-order valence-corrected chi connectivity index (χ0v) is 11.8. The standard InChI is InChI=1S/C13H17ClN2OS/c14-12-6-5-11(18-12)13(17)16(10-3-4-10)8-9-2-1-7-15-9/h5-6,9-10,15H,1-4,7-8H2. The third-order valence-electron chi connectivity index (χ3n) is 3.61. The fraction of sp³-hybridized carbons (Fsp3) is 0.615. The highest BCUT2D eigenvalue weighted by Gasteiger charge is 2.35. The molecule has 3 rings (SSSR count). The molecule has 1 aliphatic heterocycles.